The van der Waals surface area contributed by atoms with Crippen LogP contribution in [0.4, 0.5) is 18.9 Å². The minimum atomic E-state index is -4.47. The molecule has 0 aliphatic carbocycles. The maximum absolute atomic E-state index is 14.1. The van der Waals surface area contributed by atoms with Crippen LogP contribution in [0.25, 0.3) is 0 Å². The molecule has 0 aromatic heterocycles. The van der Waals surface area contributed by atoms with E-state index in [2.05, 4.69) is 5.32 Å². The number of alkyl halides is 3. The number of nitrogens with one attached hydrogen (secondary N) is 1. The Morgan fingerprint density at radius 3 is 2.43 bits per heavy atom. The van der Waals surface area contributed by atoms with Gasteiger partial charge in [-0.2, -0.15) is 13.2 Å². The fraction of sp³-hybridized carbons (Fsp3) is 0.548. The lowest BCUT2D eigenvalue weighted by Crippen LogP contribution is -2.52. The lowest BCUT2D eigenvalue weighted by atomic mass is 9.80. The van der Waals surface area contributed by atoms with Crippen LogP contribution in [0, 0.1) is 17.8 Å². The van der Waals surface area contributed by atoms with Gasteiger partial charge < -0.3 is 20.9 Å². The molecule has 0 saturated carbocycles. The van der Waals surface area contributed by atoms with Gasteiger partial charge in [-0.25, -0.2) is 0 Å². The Kier molecular flexibility index (Phi) is 10.8. The van der Waals surface area contributed by atoms with Crippen molar-refractivity contribution in [3.8, 4) is 0 Å². The summed E-state index contributed by atoms with van der Waals surface area (Å²) in [6.07, 6.45) is -2.68. The molecule has 3 N–H and O–H groups in total. The predicted octanol–water partition coefficient (Wildman–Crippen LogP) is 6.13. The third kappa shape index (κ3) is 7.98. The highest BCUT2D eigenvalue weighted by atomic mass is 35.5. The van der Waals surface area contributed by atoms with E-state index in [-0.39, 0.29) is 17.6 Å². The van der Waals surface area contributed by atoms with Crippen molar-refractivity contribution in [3.05, 3.63) is 63.1 Å². The largest absolute Gasteiger partial charge is 0.416 e. The van der Waals surface area contributed by atoms with E-state index in [4.69, 9.17) is 28.9 Å². The molecule has 230 valence electrons. The molecule has 2 aliphatic heterocycles. The minimum absolute atomic E-state index is 0.0654. The number of hydrogen-bond acceptors (Lipinski definition) is 5. The van der Waals surface area contributed by atoms with Gasteiger partial charge in [0.2, 0.25) is 5.91 Å². The SMILES string of the molecule is CC(C)CC(N)c1cc(C(F)(F)F)ccc1N1CCN(C(=O)C(Cc2ccc(Cl)cc2Cl)C2CCNCCC2=O)CC1. The van der Waals surface area contributed by atoms with E-state index in [0.717, 1.165) is 17.7 Å². The minimum Gasteiger partial charge on any atom is -0.368 e. The monoisotopic (exact) mass is 626 g/mol. The maximum Gasteiger partial charge on any atom is 0.416 e. The van der Waals surface area contributed by atoms with Crippen molar-refractivity contribution in [2.24, 2.45) is 23.5 Å². The summed E-state index contributed by atoms with van der Waals surface area (Å²) in [5.41, 5.74) is 7.59. The van der Waals surface area contributed by atoms with Gasteiger partial charge in [0.05, 0.1) is 11.5 Å². The molecule has 2 aromatic rings. The van der Waals surface area contributed by atoms with Crippen molar-refractivity contribution in [2.45, 2.75) is 51.7 Å². The highest BCUT2D eigenvalue weighted by molar-refractivity contribution is 6.35. The molecular weight excluding hydrogens is 588 g/mol. The lowest BCUT2D eigenvalue weighted by molar-refractivity contribution is -0.141. The van der Waals surface area contributed by atoms with Crippen LogP contribution in [-0.4, -0.2) is 55.9 Å². The number of nitrogens with zero attached hydrogens (tertiary/aromatic N) is 2. The van der Waals surface area contributed by atoms with Gasteiger partial charge >= 0.3 is 6.18 Å². The number of halogens is 5. The number of nitrogens with two attached hydrogens (primary N) is 1. The molecule has 11 heteroatoms. The van der Waals surface area contributed by atoms with Gasteiger partial charge in [-0.05, 0) is 73.2 Å². The van der Waals surface area contributed by atoms with E-state index in [1.165, 1.54) is 6.07 Å². The van der Waals surface area contributed by atoms with Crippen molar-refractivity contribution >= 4 is 40.6 Å². The van der Waals surface area contributed by atoms with E-state index in [1.807, 2.05) is 18.7 Å². The second-order valence-electron chi connectivity index (χ2n) is 11.7. The highest BCUT2D eigenvalue weighted by Crippen LogP contribution is 2.37. The second kappa shape index (κ2) is 14.0. The number of anilines is 1. The van der Waals surface area contributed by atoms with Crippen molar-refractivity contribution in [1.29, 1.82) is 0 Å². The third-order valence-corrected chi connectivity index (χ3v) is 8.85. The van der Waals surface area contributed by atoms with E-state index in [1.54, 1.807) is 23.1 Å². The number of Topliss-reactive ketones (excluding diaryl/α,β-unsaturated/α-hetero) is 1. The van der Waals surface area contributed by atoms with Gasteiger partial charge in [0.25, 0.3) is 0 Å². The summed E-state index contributed by atoms with van der Waals surface area (Å²) in [5.74, 6) is -0.845. The Bertz CT molecular complexity index is 1270. The van der Waals surface area contributed by atoms with E-state index in [0.29, 0.717) is 86.2 Å². The van der Waals surface area contributed by atoms with Crippen LogP contribution in [-0.2, 0) is 22.2 Å². The second-order valence-corrected chi connectivity index (χ2v) is 12.6. The number of benzene rings is 2. The Morgan fingerprint density at radius 2 is 1.79 bits per heavy atom. The first-order valence-corrected chi connectivity index (χ1v) is 15.3. The molecule has 2 fully saturated rings. The van der Waals surface area contributed by atoms with Crippen LogP contribution in [0.1, 0.15) is 55.8 Å². The molecule has 6 nitrogen and oxygen atoms in total. The number of amides is 1. The zero-order valence-electron chi connectivity index (χ0n) is 24.0. The van der Waals surface area contributed by atoms with Crippen LogP contribution in [0.3, 0.4) is 0 Å². The van der Waals surface area contributed by atoms with Gasteiger partial charge in [0.1, 0.15) is 5.78 Å². The van der Waals surface area contributed by atoms with E-state index in [9.17, 15) is 22.8 Å². The van der Waals surface area contributed by atoms with Crippen molar-refractivity contribution in [2.75, 3.05) is 44.2 Å². The molecule has 0 bridgehead atoms. The summed E-state index contributed by atoms with van der Waals surface area (Å²) in [7, 11) is 0. The molecule has 2 heterocycles. The van der Waals surface area contributed by atoms with Crippen LogP contribution in [0.15, 0.2) is 36.4 Å². The molecule has 0 spiro atoms. The maximum atomic E-state index is 14.1. The van der Waals surface area contributed by atoms with Crippen LogP contribution in [0.5, 0.6) is 0 Å². The summed E-state index contributed by atoms with van der Waals surface area (Å²) in [5, 5.41) is 4.20. The first-order valence-electron chi connectivity index (χ1n) is 14.5. The smallest absolute Gasteiger partial charge is 0.368 e. The van der Waals surface area contributed by atoms with Gasteiger partial charge in [-0.1, -0.05) is 43.1 Å². The topological polar surface area (TPSA) is 78.7 Å². The summed E-state index contributed by atoms with van der Waals surface area (Å²) < 4.78 is 40.6. The summed E-state index contributed by atoms with van der Waals surface area (Å²) in [6, 6.07) is 8.37. The molecule has 2 aromatic carbocycles. The van der Waals surface area contributed by atoms with Gasteiger partial charge in [-0.15, -0.1) is 0 Å². The Labute approximate surface area is 255 Å². The molecule has 3 atom stereocenters. The van der Waals surface area contributed by atoms with E-state index < -0.39 is 29.6 Å². The fourth-order valence-corrected chi connectivity index (χ4v) is 6.53. The molecule has 0 radical (unpaired) electrons. The number of ketones is 1. The molecular formula is C31H39Cl2F3N4O2. The zero-order chi connectivity index (χ0) is 30.6. The number of rotatable bonds is 8. The summed E-state index contributed by atoms with van der Waals surface area (Å²) in [6.45, 7) is 6.84. The normalized spacial score (nSPS) is 20.0. The Morgan fingerprint density at radius 1 is 1.07 bits per heavy atom. The first-order chi connectivity index (χ1) is 19.8. The molecule has 1 amide bonds. The molecule has 2 saturated heterocycles. The van der Waals surface area contributed by atoms with Gasteiger partial charge in [0.15, 0.2) is 0 Å². The van der Waals surface area contributed by atoms with Crippen molar-refractivity contribution in [1.82, 2.24) is 10.2 Å². The third-order valence-electron chi connectivity index (χ3n) is 8.26. The zero-order valence-corrected chi connectivity index (χ0v) is 25.5. The van der Waals surface area contributed by atoms with Gasteiger partial charge in [0, 0.05) is 66.8 Å². The summed E-state index contributed by atoms with van der Waals surface area (Å²) >= 11 is 12.6. The average Bonchev–Trinajstić information content (AvgIpc) is 3.15. The molecule has 3 unspecified atom stereocenters. The number of carbonyl (C=O) groups is 2. The van der Waals surface area contributed by atoms with Crippen molar-refractivity contribution < 1.29 is 22.8 Å². The quantitative estimate of drug-likeness (QED) is 0.368. The van der Waals surface area contributed by atoms with Crippen LogP contribution < -0.4 is 16.0 Å². The number of carbonyl (C=O) groups excluding carboxylic acids is 2. The van der Waals surface area contributed by atoms with Crippen LogP contribution in [0.2, 0.25) is 10.0 Å². The molecule has 4 rings (SSSR count). The van der Waals surface area contributed by atoms with Crippen LogP contribution >= 0.6 is 23.2 Å². The first kappa shape index (κ1) is 32.6. The molecule has 42 heavy (non-hydrogen) atoms. The van der Waals surface area contributed by atoms with E-state index >= 15 is 0 Å². The number of hydrogen-bond donors (Lipinski definition) is 2. The van der Waals surface area contributed by atoms with Crippen molar-refractivity contribution in [3.63, 3.8) is 0 Å². The number of piperazine rings is 1. The predicted molar refractivity (Wildman–Crippen MR) is 161 cm³/mol. The fourth-order valence-electron chi connectivity index (χ4n) is 6.04. The molecule has 2 aliphatic rings. The summed E-state index contributed by atoms with van der Waals surface area (Å²) in [4.78, 5) is 31.0. The lowest BCUT2D eigenvalue weighted by Gasteiger charge is -2.40. The Hall–Kier alpha value is -2.33. The standard InChI is InChI=1S/C31H39Cl2F3N4O2/c1-19(2)15-27(37)25-17-21(31(34,35)36)4-6-28(25)39-11-13-40(14-12-39)30(42)24(23-7-9-38-10-8-29(23)41)16-20-3-5-22(32)18-26(20)33/h3-6,17-19,23-24,27,38H,7-16,37H2,1-2H3. The highest BCUT2D eigenvalue weighted by Gasteiger charge is 2.38. The van der Waals surface area contributed by atoms with Gasteiger partial charge in [-0.3, -0.25) is 9.59 Å². The average molecular weight is 628 g/mol. The Balaban J connectivity index is 1.55.